The Balaban J connectivity index is 1.43. The van der Waals surface area contributed by atoms with E-state index < -0.39 is 39.1 Å². The molecule has 0 amide bonds. The minimum atomic E-state index is -7.45. The maximum atomic E-state index is 14.6. The van der Waals surface area contributed by atoms with Gasteiger partial charge in [0.15, 0.2) is 11.6 Å². The van der Waals surface area contributed by atoms with Gasteiger partial charge in [-0.1, -0.05) is 109 Å². The summed E-state index contributed by atoms with van der Waals surface area (Å²) in [7, 11) is -7.21. The standard InChI is InChI=1S/C36H21F9N2O3S/c37-33(38,35(41,42)43)34(39,40)36(44,45)51(48,49)50-31-20-27-14-8-7-13-26(27)19-28(31)22-15-17-24(18-16-22)30-21-29(23-9-3-1-4-10-23)46-32(47-30)25-11-5-2-6-12-25/h1-21H. The zero-order chi connectivity index (χ0) is 36.8. The third-order valence-corrected chi connectivity index (χ3v) is 9.08. The summed E-state index contributed by atoms with van der Waals surface area (Å²) in [6.07, 6.45) is -7.22. The monoisotopic (exact) mass is 732 g/mol. The number of hydrogen-bond donors (Lipinski definition) is 0. The molecule has 5 aromatic carbocycles. The lowest BCUT2D eigenvalue weighted by atomic mass is 9.98. The molecule has 0 spiro atoms. The SMILES string of the molecule is O=S(=O)(Oc1cc2ccccc2cc1-c1ccc(-c2cc(-c3ccccc3)nc(-c3ccccc3)n2)cc1)C(F)(F)C(F)(F)C(F)(F)C(F)(F)F. The quantitative estimate of drug-likeness (QED) is 0.109. The molecule has 5 nitrogen and oxygen atoms in total. The van der Waals surface area contributed by atoms with E-state index in [2.05, 4.69) is 9.17 Å². The summed E-state index contributed by atoms with van der Waals surface area (Å²) < 4.78 is 152. The molecular formula is C36H21F9N2O3S. The molecule has 0 aliphatic rings. The first-order chi connectivity index (χ1) is 23.9. The molecule has 0 radical (unpaired) electrons. The van der Waals surface area contributed by atoms with E-state index in [1.807, 2.05) is 60.7 Å². The van der Waals surface area contributed by atoms with Gasteiger partial charge in [0.05, 0.1) is 11.4 Å². The van der Waals surface area contributed by atoms with Crippen LogP contribution in [0.15, 0.2) is 127 Å². The molecular weight excluding hydrogens is 711 g/mol. The number of aromatic nitrogens is 2. The van der Waals surface area contributed by atoms with Crippen LogP contribution in [0.25, 0.3) is 55.8 Å². The molecule has 0 aliphatic carbocycles. The molecule has 51 heavy (non-hydrogen) atoms. The van der Waals surface area contributed by atoms with Crippen molar-refractivity contribution in [2.75, 3.05) is 0 Å². The molecule has 0 saturated carbocycles. The van der Waals surface area contributed by atoms with E-state index in [0.717, 1.165) is 11.6 Å². The van der Waals surface area contributed by atoms with Gasteiger partial charge < -0.3 is 4.18 Å². The number of rotatable bonds is 9. The lowest BCUT2D eigenvalue weighted by Crippen LogP contribution is -2.63. The van der Waals surface area contributed by atoms with Crippen LogP contribution in [0.5, 0.6) is 5.75 Å². The van der Waals surface area contributed by atoms with Crippen molar-refractivity contribution >= 4 is 20.9 Å². The molecule has 1 heterocycles. The molecule has 0 aliphatic heterocycles. The minimum absolute atomic E-state index is 0.0750. The number of halogens is 9. The molecule has 6 rings (SSSR count). The van der Waals surface area contributed by atoms with Gasteiger partial charge in [-0.05, 0) is 34.5 Å². The molecule has 0 saturated heterocycles. The lowest BCUT2D eigenvalue weighted by molar-refractivity contribution is -0.382. The van der Waals surface area contributed by atoms with Gasteiger partial charge in [0.1, 0.15) is 0 Å². The smallest absolute Gasteiger partial charge is 0.377 e. The highest BCUT2D eigenvalue weighted by atomic mass is 32.2. The van der Waals surface area contributed by atoms with E-state index in [9.17, 15) is 47.9 Å². The van der Waals surface area contributed by atoms with Crippen LogP contribution in [-0.4, -0.2) is 41.7 Å². The van der Waals surface area contributed by atoms with E-state index in [4.69, 9.17) is 4.98 Å². The van der Waals surface area contributed by atoms with Crippen LogP contribution in [0, 0.1) is 0 Å². The topological polar surface area (TPSA) is 69.2 Å². The number of nitrogens with zero attached hydrogens (tertiary/aromatic N) is 2. The van der Waals surface area contributed by atoms with Crippen LogP contribution >= 0.6 is 0 Å². The third-order valence-electron chi connectivity index (χ3n) is 7.80. The van der Waals surface area contributed by atoms with Gasteiger partial charge in [-0.25, -0.2) is 9.97 Å². The van der Waals surface area contributed by atoms with Crippen LogP contribution in [0.4, 0.5) is 39.5 Å². The van der Waals surface area contributed by atoms with Crippen molar-refractivity contribution in [2.24, 2.45) is 0 Å². The van der Waals surface area contributed by atoms with Crippen molar-refractivity contribution in [3.8, 4) is 50.8 Å². The highest BCUT2D eigenvalue weighted by molar-refractivity contribution is 7.88. The van der Waals surface area contributed by atoms with Crippen LogP contribution in [-0.2, 0) is 10.1 Å². The summed E-state index contributed by atoms with van der Waals surface area (Å²) in [6, 6.07) is 33.9. The van der Waals surface area contributed by atoms with Gasteiger partial charge in [-0.3, -0.25) is 0 Å². The third kappa shape index (κ3) is 6.37. The average Bonchev–Trinajstić information content (AvgIpc) is 3.11. The van der Waals surface area contributed by atoms with Gasteiger partial charge in [-0.15, -0.1) is 0 Å². The Bertz CT molecular complexity index is 2260. The van der Waals surface area contributed by atoms with Gasteiger partial charge in [0, 0.05) is 22.3 Å². The van der Waals surface area contributed by atoms with Crippen molar-refractivity contribution in [1.29, 1.82) is 0 Å². The fourth-order valence-corrected chi connectivity index (χ4v) is 6.01. The van der Waals surface area contributed by atoms with Crippen molar-refractivity contribution in [3.63, 3.8) is 0 Å². The summed E-state index contributed by atoms with van der Waals surface area (Å²) in [5.41, 5.74) is 2.81. The van der Waals surface area contributed by atoms with Crippen LogP contribution < -0.4 is 4.18 Å². The maximum absolute atomic E-state index is 14.6. The number of benzene rings is 5. The van der Waals surface area contributed by atoms with Crippen molar-refractivity contribution in [1.82, 2.24) is 9.97 Å². The highest BCUT2D eigenvalue weighted by Crippen LogP contribution is 2.55. The van der Waals surface area contributed by atoms with Crippen LogP contribution in [0.3, 0.4) is 0 Å². The number of alkyl halides is 9. The normalized spacial score (nSPS) is 13.0. The van der Waals surface area contributed by atoms with E-state index in [1.54, 1.807) is 12.1 Å². The Labute approximate surface area is 284 Å². The largest absolute Gasteiger partial charge is 0.460 e. The predicted molar refractivity (Wildman–Crippen MR) is 172 cm³/mol. The Morgan fingerprint density at radius 3 is 1.47 bits per heavy atom. The highest BCUT2D eigenvalue weighted by Gasteiger charge is 2.86. The summed E-state index contributed by atoms with van der Waals surface area (Å²) >= 11 is 0. The van der Waals surface area contributed by atoms with E-state index in [1.165, 1.54) is 48.5 Å². The van der Waals surface area contributed by atoms with Gasteiger partial charge in [0.25, 0.3) is 0 Å². The zero-order valence-corrected chi connectivity index (χ0v) is 26.4. The first kappa shape index (κ1) is 35.4. The van der Waals surface area contributed by atoms with Crippen LogP contribution in [0.2, 0.25) is 0 Å². The lowest BCUT2D eigenvalue weighted by Gasteiger charge is -2.32. The Morgan fingerprint density at radius 2 is 0.941 bits per heavy atom. The zero-order valence-electron chi connectivity index (χ0n) is 25.6. The Kier molecular flexibility index (Phi) is 8.82. The number of hydrogen-bond acceptors (Lipinski definition) is 5. The van der Waals surface area contributed by atoms with Crippen LogP contribution in [0.1, 0.15) is 0 Å². The first-order valence-corrected chi connectivity index (χ1v) is 16.1. The molecule has 0 fully saturated rings. The molecule has 262 valence electrons. The minimum Gasteiger partial charge on any atom is -0.377 e. The maximum Gasteiger partial charge on any atom is 0.460 e. The predicted octanol–water partition coefficient (Wildman–Crippen LogP) is 10.4. The van der Waals surface area contributed by atoms with E-state index in [0.29, 0.717) is 33.7 Å². The van der Waals surface area contributed by atoms with E-state index >= 15 is 0 Å². The second-order valence-electron chi connectivity index (χ2n) is 11.2. The molecule has 6 aromatic rings. The van der Waals surface area contributed by atoms with Gasteiger partial charge in [-0.2, -0.15) is 47.9 Å². The molecule has 0 unspecified atom stereocenters. The van der Waals surface area contributed by atoms with Crippen molar-refractivity contribution in [2.45, 2.75) is 23.3 Å². The second kappa shape index (κ2) is 12.7. The second-order valence-corrected chi connectivity index (χ2v) is 12.8. The van der Waals surface area contributed by atoms with Gasteiger partial charge in [0.2, 0.25) is 0 Å². The van der Waals surface area contributed by atoms with Crippen molar-refractivity contribution in [3.05, 3.63) is 127 Å². The average molecular weight is 733 g/mol. The number of fused-ring (bicyclic) bond motifs is 1. The fourth-order valence-electron chi connectivity index (χ4n) is 5.09. The first-order valence-electron chi connectivity index (χ1n) is 14.7. The van der Waals surface area contributed by atoms with Gasteiger partial charge >= 0.3 is 33.4 Å². The fraction of sp³-hybridized carbons (Fsp3) is 0.111. The summed E-state index contributed by atoms with van der Waals surface area (Å²) in [5, 5.41) is -6.51. The molecule has 0 atom stereocenters. The molecule has 0 bridgehead atoms. The summed E-state index contributed by atoms with van der Waals surface area (Å²) in [5.74, 6) is -15.5. The molecule has 1 aromatic heterocycles. The summed E-state index contributed by atoms with van der Waals surface area (Å²) in [4.78, 5) is 9.38. The summed E-state index contributed by atoms with van der Waals surface area (Å²) in [6.45, 7) is 0. The van der Waals surface area contributed by atoms with E-state index in [-0.39, 0.29) is 16.5 Å². The molecule has 15 heteroatoms. The Morgan fingerprint density at radius 1 is 0.490 bits per heavy atom. The molecule has 0 N–H and O–H groups in total. The Hall–Kier alpha value is -5.44. The van der Waals surface area contributed by atoms with Crippen molar-refractivity contribution < 1.29 is 52.1 Å².